The Bertz CT molecular complexity index is 373. The van der Waals surface area contributed by atoms with Crippen LogP contribution in [0.1, 0.15) is 31.3 Å². The summed E-state index contributed by atoms with van der Waals surface area (Å²) in [5.74, 6) is 0.269. The lowest BCUT2D eigenvalue weighted by molar-refractivity contribution is 0.0421. The van der Waals surface area contributed by atoms with E-state index in [0.717, 1.165) is 26.2 Å². The molecule has 1 aliphatic rings. The molecule has 1 aliphatic heterocycles. The highest BCUT2D eigenvalue weighted by molar-refractivity contribution is 5.91. The highest BCUT2D eigenvalue weighted by atomic mass is 16.5. The van der Waals surface area contributed by atoms with Crippen LogP contribution in [0.25, 0.3) is 0 Å². The third-order valence-electron chi connectivity index (χ3n) is 3.16. The first kappa shape index (κ1) is 12.1. The van der Waals surface area contributed by atoms with E-state index in [2.05, 4.69) is 30.8 Å². The Balaban J connectivity index is 1.94. The monoisotopic (exact) mass is 237 g/mol. The van der Waals surface area contributed by atoms with E-state index in [-0.39, 0.29) is 11.4 Å². The lowest BCUT2D eigenvalue weighted by Gasteiger charge is -2.41. The molecule has 1 saturated heterocycles. The predicted molar refractivity (Wildman–Crippen MR) is 63.7 cm³/mol. The van der Waals surface area contributed by atoms with Gasteiger partial charge < -0.3 is 9.42 Å². The van der Waals surface area contributed by atoms with Crippen LogP contribution in [0.5, 0.6) is 0 Å². The zero-order chi connectivity index (χ0) is 12.5. The van der Waals surface area contributed by atoms with Crippen LogP contribution in [0, 0.1) is 0 Å². The van der Waals surface area contributed by atoms with Crippen LogP contribution in [0.15, 0.2) is 16.8 Å². The molecule has 2 rings (SSSR count). The molecule has 5 nitrogen and oxygen atoms in total. The highest BCUT2D eigenvalue weighted by Gasteiger charge is 2.29. The highest BCUT2D eigenvalue weighted by Crippen LogP contribution is 2.16. The van der Waals surface area contributed by atoms with E-state index in [1.165, 1.54) is 6.20 Å². The normalized spacial score (nSPS) is 18.4. The van der Waals surface area contributed by atoms with Crippen LogP contribution in [0.2, 0.25) is 0 Å². The second-order valence-corrected chi connectivity index (χ2v) is 5.33. The van der Waals surface area contributed by atoms with Crippen molar-refractivity contribution in [2.75, 3.05) is 26.2 Å². The topological polar surface area (TPSA) is 49.6 Å². The summed E-state index contributed by atoms with van der Waals surface area (Å²) in [4.78, 5) is 16.2. The first-order valence-electron chi connectivity index (χ1n) is 5.93. The Morgan fingerprint density at radius 3 is 2.41 bits per heavy atom. The van der Waals surface area contributed by atoms with Gasteiger partial charge in [0.15, 0.2) is 0 Å². The number of hydrogen-bond donors (Lipinski definition) is 0. The van der Waals surface area contributed by atoms with Crippen molar-refractivity contribution in [2.45, 2.75) is 26.3 Å². The second kappa shape index (κ2) is 4.49. The largest absolute Gasteiger partial charge is 0.351 e. The van der Waals surface area contributed by atoms with Crippen molar-refractivity contribution in [2.24, 2.45) is 0 Å². The maximum Gasteiger partial charge on any atom is 0.292 e. The standard InChI is InChI=1S/C12H19N3O2/c1-12(2,3)15-8-6-14(7-9-15)11(16)10-4-5-13-17-10/h4-5H,6-9H2,1-3H3. The Hall–Kier alpha value is -1.36. The quantitative estimate of drug-likeness (QED) is 0.737. The summed E-state index contributed by atoms with van der Waals surface area (Å²) in [7, 11) is 0. The van der Waals surface area contributed by atoms with Crippen LogP contribution in [0.4, 0.5) is 0 Å². The molecule has 0 aliphatic carbocycles. The molecule has 0 aromatic carbocycles. The summed E-state index contributed by atoms with van der Waals surface area (Å²) in [6.45, 7) is 9.89. The zero-order valence-electron chi connectivity index (χ0n) is 10.6. The van der Waals surface area contributed by atoms with Crippen molar-refractivity contribution in [3.8, 4) is 0 Å². The summed E-state index contributed by atoms with van der Waals surface area (Å²) in [5.41, 5.74) is 0.168. The molecule has 1 amide bonds. The summed E-state index contributed by atoms with van der Waals surface area (Å²) < 4.78 is 4.89. The molecule has 1 aromatic rings. The van der Waals surface area contributed by atoms with Gasteiger partial charge in [0.05, 0.1) is 6.20 Å². The van der Waals surface area contributed by atoms with Crippen LogP contribution in [0.3, 0.4) is 0 Å². The maximum absolute atomic E-state index is 12.0. The molecule has 0 unspecified atom stereocenters. The van der Waals surface area contributed by atoms with Crippen LogP contribution >= 0.6 is 0 Å². The molecule has 17 heavy (non-hydrogen) atoms. The van der Waals surface area contributed by atoms with E-state index in [4.69, 9.17) is 4.52 Å². The van der Waals surface area contributed by atoms with Gasteiger partial charge in [-0.15, -0.1) is 0 Å². The van der Waals surface area contributed by atoms with Crippen molar-refractivity contribution in [1.82, 2.24) is 15.0 Å². The molecular weight excluding hydrogens is 218 g/mol. The van der Waals surface area contributed by atoms with Gasteiger partial charge in [0, 0.05) is 37.8 Å². The van der Waals surface area contributed by atoms with Gasteiger partial charge in [0.2, 0.25) is 5.76 Å². The molecule has 1 aromatic heterocycles. The number of nitrogens with zero attached hydrogens (tertiary/aromatic N) is 3. The fourth-order valence-corrected chi connectivity index (χ4v) is 2.06. The van der Waals surface area contributed by atoms with E-state index < -0.39 is 0 Å². The zero-order valence-corrected chi connectivity index (χ0v) is 10.6. The predicted octanol–water partition coefficient (Wildman–Crippen LogP) is 1.23. The molecule has 2 heterocycles. The van der Waals surface area contributed by atoms with Gasteiger partial charge in [0.25, 0.3) is 5.91 Å². The summed E-state index contributed by atoms with van der Waals surface area (Å²) in [6, 6.07) is 1.61. The third kappa shape index (κ3) is 2.66. The van der Waals surface area contributed by atoms with Gasteiger partial charge in [-0.3, -0.25) is 9.69 Å². The van der Waals surface area contributed by atoms with Crippen molar-refractivity contribution in [1.29, 1.82) is 0 Å². The van der Waals surface area contributed by atoms with Gasteiger partial charge in [-0.1, -0.05) is 5.16 Å². The van der Waals surface area contributed by atoms with E-state index in [9.17, 15) is 4.79 Å². The number of aromatic nitrogens is 1. The minimum Gasteiger partial charge on any atom is -0.351 e. The molecule has 0 N–H and O–H groups in total. The minimum absolute atomic E-state index is 0.0592. The molecule has 0 spiro atoms. The lowest BCUT2D eigenvalue weighted by atomic mass is 10.0. The number of rotatable bonds is 1. The molecule has 5 heteroatoms. The van der Waals surface area contributed by atoms with E-state index in [1.807, 2.05) is 4.90 Å². The van der Waals surface area contributed by atoms with Gasteiger partial charge in [-0.2, -0.15) is 0 Å². The van der Waals surface area contributed by atoms with Crippen molar-refractivity contribution >= 4 is 5.91 Å². The average molecular weight is 237 g/mol. The van der Waals surface area contributed by atoms with Crippen LogP contribution in [-0.4, -0.2) is 52.6 Å². The van der Waals surface area contributed by atoms with Crippen molar-refractivity contribution in [3.63, 3.8) is 0 Å². The molecule has 94 valence electrons. The van der Waals surface area contributed by atoms with Crippen LogP contribution < -0.4 is 0 Å². The Morgan fingerprint density at radius 1 is 1.29 bits per heavy atom. The first-order chi connectivity index (χ1) is 7.98. The lowest BCUT2D eigenvalue weighted by Crippen LogP contribution is -2.54. The van der Waals surface area contributed by atoms with E-state index in [1.54, 1.807) is 6.07 Å². The van der Waals surface area contributed by atoms with Crippen molar-refractivity contribution < 1.29 is 9.32 Å². The maximum atomic E-state index is 12.0. The fourth-order valence-electron chi connectivity index (χ4n) is 2.06. The summed E-state index contributed by atoms with van der Waals surface area (Å²) >= 11 is 0. The summed E-state index contributed by atoms with van der Waals surface area (Å²) in [6.07, 6.45) is 1.50. The number of amides is 1. The van der Waals surface area contributed by atoms with Gasteiger partial charge >= 0.3 is 0 Å². The minimum atomic E-state index is -0.0592. The molecule has 0 radical (unpaired) electrons. The molecular formula is C12H19N3O2. The summed E-state index contributed by atoms with van der Waals surface area (Å²) in [5, 5.41) is 3.56. The molecule has 1 fully saturated rings. The number of carbonyl (C=O) groups is 1. The number of carbonyl (C=O) groups excluding carboxylic acids is 1. The average Bonchev–Trinajstić information content (AvgIpc) is 2.80. The Morgan fingerprint density at radius 2 is 1.94 bits per heavy atom. The fraction of sp³-hybridized carbons (Fsp3) is 0.667. The van der Waals surface area contributed by atoms with E-state index >= 15 is 0 Å². The Kier molecular flexibility index (Phi) is 3.19. The van der Waals surface area contributed by atoms with Gasteiger partial charge in [-0.25, -0.2) is 0 Å². The SMILES string of the molecule is CC(C)(C)N1CCN(C(=O)c2ccno2)CC1. The van der Waals surface area contributed by atoms with Gasteiger partial charge in [0.1, 0.15) is 0 Å². The molecule has 0 bridgehead atoms. The Labute approximate surface area is 101 Å². The van der Waals surface area contributed by atoms with Crippen molar-refractivity contribution in [3.05, 3.63) is 18.0 Å². The second-order valence-electron chi connectivity index (χ2n) is 5.33. The van der Waals surface area contributed by atoms with E-state index in [0.29, 0.717) is 5.76 Å². The molecule has 0 saturated carbocycles. The number of piperazine rings is 1. The van der Waals surface area contributed by atoms with Gasteiger partial charge in [-0.05, 0) is 20.8 Å². The number of hydrogen-bond acceptors (Lipinski definition) is 4. The van der Waals surface area contributed by atoms with Crippen LogP contribution in [-0.2, 0) is 0 Å². The molecule has 0 atom stereocenters. The first-order valence-corrected chi connectivity index (χ1v) is 5.93. The third-order valence-corrected chi connectivity index (χ3v) is 3.16. The smallest absolute Gasteiger partial charge is 0.292 e.